The standard InChI is InChI=1S/C26H44O2.C3H6.C2H6.CH4O/c1-17-18-9-13-25(4)22(23(18,2)12-10-21(17)28)8-7-19-20-6-5-11-26(20,16-27)15-14-24(19,25)3;1-3-2;2*1-2/h17-22,27-28H,5-16H2,1-4H3;3H,1H2,2H3;1-2H3;2H,1H3/t17?,18?,19?,20?,21?,22?,23?,24-,25?,26?;;;/m1.../s1. The third-order valence-electron chi connectivity index (χ3n) is 12.4. The molecule has 0 heterocycles. The van der Waals surface area contributed by atoms with Crippen LogP contribution in [0.4, 0.5) is 0 Å². The summed E-state index contributed by atoms with van der Waals surface area (Å²) in [4.78, 5) is 0. The molecule has 0 aromatic rings. The van der Waals surface area contributed by atoms with Crippen molar-refractivity contribution in [2.45, 2.75) is 125 Å². The van der Waals surface area contributed by atoms with Gasteiger partial charge in [-0.2, -0.15) is 0 Å². The monoisotopic (exact) mass is 492 g/mol. The van der Waals surface area contributed by atoms with Crippen molar-refractivity contribution in [1.82, 2.24) is 0 Å². The lowest BCUT2D eigenvalue weighted by atomic mass is 9.33. The van der Waals surface area contributed by atoms with Gasteiger partial charge in [-0.05, 0) is 122 Å². The maximum absolute atomic E-state index is 10.6. The number of aliphatic hydroxyl groups excluding tert-OH is 3. The Morgan fingerprint density at radius 1 is 0.800 bits per heavy atom. The van der Waals surface area contributed by atoms with Gasteiger partial charge in [0.15, 0.2) is 0 Å². The van der Waals surface area contributed by atoms with Gasteiger partial charge in [0, 0.05) is 13.7 Å². The van der Waals surface area contributed by atoms with Crippen LogP contribution in [-0.2, 0) is 0 Å². The van der Waals surface area contributed by atoms with Crippen LogP contribution < -0.4 is 0 Å². The molecule has 3 nitrogen and oxygen atoms in total. The second-order valence-electron chi connectivity index (χ2n) is 13.1. The van der Waals surface area contributed by atoms with Gasteiger partial charge in [0.25, 0.3) is 0 Å². The van der Waals surface area contributed by atoms with Crippen molar-refractivity contribution >= 4 is 0 Å². The van der Waals surface area contributed by atoms with Crippen molar-refractivity contribution < 1.29 is 15.3 Å². The summed E-state index contributed by atoms with van der Waals surface area (Å²) in [5, 5.41) is 27.9. The Morgan fingerprint density at radius 2 is 1.43 bits per heavy atom. The zero-order valence-electron chi connectivity index (χ0n) is 24.6. The number of hydrogen-bond acceptors (Lipinski definition) is 3. The van der Waals surface area contributed by atoms with Gasteiger partial charge in [-0.15, -0.1) is 6.58 Å². The SMILES string of the molecule is C=CC.CC.CC1C(O)CCC2(C)C1CCC1(C)C2CCC2C3CCCC3(CO)CC[C@]21C.CO. The van der Waals surface area contributed by atoms with Gasteiger partial charge in [0.1, 0.15) is 0 Å². The van der Waals surface area contributed by atoms with E-state index in [0.717, 1.165) is 31.3 Å². The maximum Gasteiger partial charge on any atom is 0.0568 e. The largest absolute Gasteiger partial charge is 0.400 e. The van der Waals surface area contributed by atoms with Gasteiger partial charge in [-0.25, -0.2) is 0 Å². The maximum atomic E-state index is 10.6. The third kappa shape index (κ3) is 4.69. The Labute approximate surface area is 218 Å². The molecular formula is C32H60O3. The number of aliphatic hydroxyl groups is 3. The molecule has 5 aliphatic carbocycles. The Morgan fingerprint density at radius 3 is 2.03 bits per heavy atom. The minimum Gasteiger partial charge on any atom is -0.400 e. The first-order chi connectivity index (χ1) is 16.6. The topological polar surface area (TPSA) is 60.7 Å². The van der Waals surface area contributed by atoms with Crippen molar-refractivity contribution in [2.24, 2.45) is 51.2 Å². The number of rotatable bonds is 1. The third-order valence-corrected chi connectivity index (χ3v) is 12.4. The summed E-state index contributed by atoms with van der Waals surface area (Å²) in [7, 11) is 1.00. The van der Waals surface area contributed by atoms with Crippen LogP contribution in [0.1, 0.15) is 119 Å². The smallest absolute Gasteiger partial charge is 0.0568 e. The minimum absolute atomic E-state index is 0.0762. The van der Waals surface area contributed by atoms with Crippen molar-refractivity contribution in [3.63, 3.8) is 0 Å². The van der Waals surface area contributed by atoms with Gasteiger partial charge in [0.05, 0.1) is 6.10 Å². The molecule has 206 valence electrons. The minimum atomic E-state index is -0.0762. The molecule has 9 unspecified atom stereocenters. The van der Waals surface area contributed by atoms with Crippen LogP contribution >= 0.6 is 0 Å². The van der Waals surface area contributed by atoms with E-state index in [9.17, 15) is 10.2 Å². The Kier molecular flexibility index (Phi) is 10.6. The van der Waals surface area contributed by atoms with Gasteiger partial charge in [0.2, 0.25) is 0 Å². The number of fused-ring (bicyclic) bond motifs is 7. The predicted molar refractivity (Wildman–Crippen MR) is 149 cm³/mol. The Balaban J connectivity index is 0.000000563. The van der Waals surface area contributed by atoms with Crippen molar-refractivity contribution in [3.05, 3.63) is 12.7 Å². The highest BCUT2D eigenvalue weighted by molar-refractivity contribution is 5.17. The molecule has 0 radical (unpaired) electrons. The van der Waals surface area contributed by atoms with Crippen LogP contribution in [0.15, 0.2) is 12.7 Å². The molecule has 5 saturated carbocycles. The molecule has 0 spiro atoms. The van der Waals surface area contributed by atoms with Crippen molar-refractivity contribution in [3.8, 4) is 0 Å². The Hall–Kier alpha value is -0.380. The molecule has 0 amide bonds. The van der Waals surface area contributed by atoms with E-state index in [1.165, 1.54) is 64.2 Å². The first-order valence-corrected chi connectivity index (χ1v) is 14.9. The molecule has 5 fully saturated rings. The first kappa shape index (κ1) is 30.8. The molecule has 0 bridgehead atoms. The molecule has 10 atom stereocenters. The fourth-order valence-corrected chi connectivity index (χ4v) is 10.6. The van der Waals surface area contributed by atoms with Gasteiger partial charge < -0.3 is 15.3 Å². The van der Waals surface area contributed by atoms with E-state index in [1.54, 1.807) is 6.08 Å². The summed E-state index contributed by atoms with van der Waals surface area (Å²) in [5.41, 5.74) is 1.56. The lowest BCUT2D eigenvalue weighted by Gasteiger charge is -2.71. The molecule has 0 aromatic heterocycles. The van der Waals surface area contributed by atoms with E-state index in [4.69, 9.17) is 5.11 Å². The molecule has 5 aliphatic rings. The van der Waals surface area contributed by atoms with Crippen LogP contribution in [0.2, 0.25) is 0 Å². The highest BCUT2D eigenvalue weighted by Crippen LogP contribution is 2.75. The normalized spacial score (nSPS) is 49.6. The summed E-state index contributed by atoms with van der Waals surface area (Å²) in [6.45, 7) is 20.0. The first-order valence-electron chi connectivity index (χ1n) is 14.9. The number of allylic oxidation sites excluding steroid dienone is 1. The van der Waals surface area contributed by atoms with Crippen LogP contribution in [0.25, 0.3) is 0 Å². The lowest BCUT2D eigenvalue weighted by Crippen LogP contribution is -2.65. The highest BCUT2D eigenvalue weighted by atomic mass is 16.3. The van der Waals surface area contributed by atoms with Crippen LogP contribution in [0.5, 0.6) is 0 Å². The van der Waals surface area contributed by atoms with Crippen molar-refractivity contribution in [1.29, 1.82) is 0 Å². The fourth-order valence-electron chi connectivity index (χ4n) is 10.6. The highest BCUT2D eigenvalue weighted by Gasteiger charge is 2.68. The summed E-state index contributed by atoms with van der Waals surface area (Å²) in [6, 6.07) is 0. The number of hydrogen-bond donors (Lipinski definition) is 3. The quantitative estimate of drug-likeness (QED) is 0.330. The zero-order chi connectivity index (χ0) is 26.7. The van der Waals surface area contributed by atoms with Crippen LogP contribution in [0, 0.1) is 51.2 Å². The lowest BCUT2D eigenvalue weighted by molar-refractivity contribution is -0.235. The van der Waals surface area contributed by atoms with Crippen LogP contribution in [0.3, 0.4) is 0 Å². The van der Waals surface area contributed by atoms with Gasteiger partial charge in [-0.3, -0.25) is 0 Å². The van der Waals surface area contributed by atoms with E-state index in [1.807, 2.05) is 20.8 Å². The van der Waals surface area contributed by atoms with E-state index >= 15 is 0 Å². The van der Waals surface area contributed by atoms with E-state index < -0.39 is 0 Å². The van der Waals surface area contributed by atoms with E-state index in [-0.39, 0.29) is 11.5 Å². The second-order valence-corrected chi connectivity index (χ2v) is 13.1. The molecule has 0 saturated heterocycles. The summed E-state index contributed by atoms with van der Waals surface area (Å²) in [6.07, 6.45) is 16.0. The van der Waals surface area contributed by atoms with E-state index in [0.29, 0.717) is 34.7 Å². The van der Waals surface area contributed by atoms with Gasteiger partial charge >= 0.3 is 0 Å². The van der Waals surface area contributed by atoms with Gasteiger partial charge in [-0.1, -0.05) is 54.0 Å². The molecular weight excluding hydrogens is 432 g/mol. The second kappa shape index (κ2) is 12.0. The molecule has 3 N–H and O–H groups in total. The average molecular weight is 493 g/mol. The summed E-state index contributed by atoms with van der Waals surface area (Å²) in [5.74, 6) is 3.59. The molecule has 0 aliphatic heterocycles. The molecule has 0 aromatic carbocycles. The predicted octanol–water partition coefficient (Wildman–Crippen LogP) is 7.63. The molecule has 3 heteroatoms. The van der Waals surface area contributed by atoms with Crippen molar-refractivity contribution in [2.75, 3.05) is 13.7 Å². The Bertz CT molecular complexity index is 678. The summed E-state index contributed by atoms with van der Waals surface area (Å²) < 4.78 is 0. The van der Waals surface area contributed by atoms with Crippen LogP contribution in [-0.4, -0.2) is 35.1 Å². The summed E-state index contributed by atoms with van der Waals surface area (Å²) >= 11 is 0. The molecule has 5 rings (SSSR count). The van der Waals surface area contributed by atoms with E-state index in [2.05, 4.69) is 34.3 Å². The average Bonchev–Trinajstić information content (AvgIpc) is 3.30. The molecule has 35 heavy (non-hydrogen) atoms. The zero-order valence-corrected chi connectivity index (χ0v) is 24.6. The fraction of sp³-hybridized carbons (Fsp3) is 0.938.